The zero-order chi connectivity index (χ0) is 25.2. The highest BCUT2D eigenvalue weighted by atomic mass is 32.2. The molecule has 1 atom stereocenters. The van der Waals surface area contributed by atoms with E-state index in [2.05, 4.69) is 5.32 Å². The molecule has 35 heavy (non-hydrogen) atoms. The third-order valence-electron chi connectivity index (χ3n) is 6.94. The normalized spacial score (nSPS) is 18.4. The second-order valence-corrected chi connectivity index (χ2v) is 11.8. The Hall–Kier alpha value is -2.72. The fourth-order valence-electron chi connectivity index (χ4n) is 4.86. The molecule has 190 valence electrons. The van der Waals surface area contributed by atoms with Gasteiger partial charge in [-0.15, -0.1) is 0 Å². The number of benzene rings is 1. The molecule has 10 heteroatoms. The maximum atomic E-state index is 13.0. The van der Waals surface area contributed by atoms with Crippen LogP contribution in [0.25, 0.3) is 0 Å². The van der Waals surface area contributed by atoms with Gasteiger partial charge in [0.05, 0.1) is 22.8 Å². The molecule has 2 aromatic rings. The van der Waals surface area contributed by atoms with Gasteiger partial charge in [0.2, 0.25) is 0 Å². The minimum atomic E-state index is -3.33. The molecule has 1 spiro atoms. The molecule has 1 aromatic carbocycles. The van der Waals surface area contributed by atoms with Crippen LogP contribution in [0.5, 0.6) is 0 Å². The lowest BCUT2D eigenvalue weighted by molar-refractivity contribution is 0.0160. The molecule has 1 N–H and O–H groups in total. The molecule has 3 heterocycles. The number of carbonyl (C=O) groups excluding carboxylic acids is 2. The van der Waals surface area contributed by atoms with Crippen LogP contribution in [0.2, 0.25) is 0 Å². The third-order valence-corrected chi connectivity index (χ3v) is 8.06. The first-order chi connectivity index (χ1) is 16.6. The Kier molecular flexibility index (Phi) is 7.32. The van der Waals surface area contributed by atoms with Crippen LogP contribution in [-0.2, 0) is 38.7 Å². The first-order valence-corrected chi connectivity index (χ1v) is 13.9. The Bertz CT molecular complexity index is 1200. The summed E-state index contributed by atoms with van der Waals surface area (Å²) in [6.07, 6.45) is 4.27. The van der Waals surface area contributed by atoms with Crippen LogP contribution in [0.3, 0.4) is 0 Å². The number of fused-ring (bicyclic) bond motifs is 1. The number of amides is 1. The zero-order valence-corrected chi connectivity index (χ0v) is 21.3. The van der Waals surface area contributed by atoms with Gasteiger partial charge in [0.1, 0.15) is 5.69 Å². The Balaban J connectivity index is 1.46. The van der Waals surface area contributed by atoms with E-state index in [4.69, 9.17) is 14.6 Å². The Morgan fingerprint density at radius 2 is 1.94 bits per heavy atom. The molecule has 1 aromatic heterocycles. The average molecular weight is 504 g/mol. The van der Waals surface area contributed by atoms with E-state index in [9.17, 15) is 18.0 Å². The fourth-order valence-corrected chi connectivity index (χ4v) is 5.49. The molecule has 2 aliphatic heterocycles. The van der Waals surface area contributed by atoms with Crippen LogP contribution in [0, 0.1) is 11.3 Å². The second kappa shape index (κ2) is 10.1. The lowest BCUT2D eigenvalue weighted by Crippen LogP contribution is -2.40. The van der Waals surface area contributed by atoms with Crippen LogP contribution in [-0.4, -0.2) is 62.7 Å². The highest BCUT2D eigenvalue weighted by Crippen LogP contribution is 2.38. The molecule has 4 rings (SSSR count). The number of nitrogens with zero attached hydrogens (tertiary/aromatic N) is 2. The maximum Gasteiger partial charge on any atom is 0.338 e. The van der Waals surface area contributed by atoms with Crippen molar-refractivity contribution in [3.63, 3.8) is 0 Å². The molecule has 0 saturated carbocycles. The van der Waals surface area contributed by atoms with Crippen molar-refractivity contribution in [1.29, 1.82) is 0 Å². The Morgan fingerprint density at radius 1 is 1.26 bits per heavy atom. The van der Waals surface area contributed by atoms with Crippen LogP contribution < -0.4 is 5.32 Å². The maximum absolute atomic E-state index is 13.0. The molecule has 0 unspecified atom stereocenters. The summed E-state index contributed by atoms with van der Waals surface area (Å²) in [5, 5.41) is 7.88. The predicted octanol–water partition coefficient (Wildman–Crippen LogP) is 2.42. The molecule has 0 bridgehead atoms. The minimum absolute atomic E-state index is 0.0181. The molecule has 0 aliphatic carbocycles. The van der Waals surface area contributed by atoms with Crippen molar-refractivity contribution >= 4 is 21.7 Å². The SMILES string of the molecule is CCn1nc(C[C@@H](C)COC(=O)c2ccc(S(C)(=O)=O)cc2)c2c1C(=O)NCC1(CCOCC1)C2. The van der Waals surface area contributed by atoms with E-state index in [0.717, 1.165) is 36.8 Å². The Labute approximate surface area is 206 Å². The summed E-state index contributed by atoms with van der Waals surface area (Å²) < 4.78 is 36.1. The number of nitrogens with one attached hydrogen (secondary N) is 1. The van der Waals surface area contributed by atoms with Crippen LogP contribution >= 0.6 is 0 Å². The van der Waals surface area contributed by atoms with Crippen LogP contribution in [0.4, 0.5) is 0 Å². The number of hydrogen-bond donors (Lipinski definition) is 1. The van der Waals surface area contributed by atoms with Crippen LogP contribution in [0.15, 0.2) is 29.2 Å². The highest BCUT2D eigenvalue weighted by molar-refractivity contribution is 7.90. The number of esters is 1. The van der Waals surface area contributed by atoms with Crippen molar-refractivity contribution in [3.8, 4) is 0 Å². The quantitative estimate of drug-likeness (QED) is 0.577. The summed E-state index contributed by atoms with van der Waals surface area (Å²) in [5.41, 5.74) is 2.79. The van der Waals surface area contributed by atoms with E-state index < -0.39 is 15.8 Å². The van der Waals surface area contributed by atoms with Crippen molar-refractivity contribution in [3.05, 3.63) is 46.8 Å². The smallest absolute Gasteiger partial charge is 0.338 e. The number of aryl methyl sites for hydroxylation is 1. The Morgan fingerprint density at radius 3 is 2.57 bits per heavy atom. The van der Waals surface area contributed by atoms with Crippen molar-refractivity contribution in [2.45, 2.75) is 51.0 Å². The van der Waals surface area contributed by atoms with E-state index >= 15 is 0 Å². The second-order valence-electron chi connectivity index (χ2n) is 9.77. The van der Waals surface area contributed by atoms with E-state index in [0.29, 0.717) is 44.0 Å². The summed E-state index contributed by atoms with van der Waals surface area (Å²) in [5.74, 6) is -0.605. The largest absolute Gasteiger partial charge is 0.462 e. The van der Waals surface area contributed by atoms with E-state index in [-0.39, 0.29) is 28.7 Å². The zero-order valence-electron chi connectivity index (χ0n) is 20.5. The highest BCUT2D eigenvalue weighted by Gasteiger charge is 2.39. The number of aromatic nitrogens is 2. The van der Waals surface area contributed by atoms with Gasteiger partial charge in [-0.3, -0.25) is 9.48 Å². The first kappa shape index (κ1) is 25.4. The van der Waals surface area contributed by atoms with Gasteiger partial charge in [0.25, 0.3) is 5.91 Å². The van der Waals surface area contributed by atoms with Crippen LogP contribution in [0.1, 0.15) is 58.8 Å². The average Bonchev–Trinajstić information content (AvgIpc) is 3.10. The van der Waals surface area contributed by atoms with Gasteiger partial charge in [-0.05, 0) is 68.2 Å². The fraction of sp³-hybridized carbons (Fsp3) is 0.560. The van der Waals surface area contributed by atoms with Gasteiger partial charge in [0, 0.05) is 38.1 Å². The standard InChI is InChI=1S/C25H33N3O6S/c1-4-28-22-20(14-25(16-26-23(22)29)9-11-33-12-10-25)21(27-28)13-17(2)15-34-24(30)18-5-7-19(8-6-18)35(3,31)32/h5-8,17H,4,9-16H2,1-3H3,(H,26,29)/t17-/m1/s1. The van der Waals surface area contributed by atoms with Gasteiger partial charge < -0.3 is 14.8 Å². The van der Waals surface area contributed by atoms with Crippen molar-refractivity contribution in [2.75, 3.05) is 32.6 Å². The molecule has 1 fully saturated rings. The molecule has 1 saturated heterocycles. The van der Waals surface area contributed by atoms with Gasteiger partial charge in [0.15, 0.2) is 9.84 Å². The van der Waals surface area contributed by atoms with E-state index in [1.807, 2.05) is 13.8 Å². The number of rotatable bonds is 7. The third kappa shape index (κ3) is 5.59. The van der Waals surface area contributed by atoms with Crippen molar-refractivity contribution in [2.24, 2.45) is 11.3 Å². The number of sulfone groups is 1. The number of ether oxygens (including phenoxy) is 2. The van der Waals surface area contributed by atoms with Gasteiger partial charge in [-0.25, -0.2) is 13.2 Å². The van der Waals surface area contributed by atoms with Gasteiger partial charge >= 0.3 is 5.97 Å². The molecule has 2 aliphatic rings. The monoisotopic (exact) mass is 503 g/mol. The topological polar surface area (TPSA) is 117 Å². The lowest BCUT2D eigenvalue weighted by atomic mass is 9.75. The molecule has 1 amide bonds. The molecule has 0 radical (unpaired) electrons. The lowest BCUT2D eigenvalue weighted by Gasteiger charge is -2.36. The molecular formula is C25H33N3O6S. The van der Waals surface area contributed by atoms with Gasteiger partial charge in [-0.2, -0.15) is 5.10 Å². The first-order valence-electron chi connectivity index (χ1n) is 12.0. The predicted molar refractivity (Wildman–Crippen MR) is 129 cm³/mol. The molecular weight excluding hydrogens is 470 g/mol. The van der Waals surface area contributed by atoms with E-state index in [1.54, 1.807) is 4.68 Å². The summed E-state index contributed by atoms with van der Waals surface area (Å²) in [7, 11) is -3.33. The summed E-state index contributed by atoms with van der Waals surface area (Å²) in [6.45, 7) is 6.76. The number of hydrogen-bond acceptors (Lipinski definition) is 7. The minimum Gasteiger partial charge on any atom is -0.462 e. The molecule has 9 nitrogen and oxygen atoms in total. The number of carbonyl (C=O) groups is 2. The summed E-state index contributed by atoms with van der Waals surface area (Å²) in [4.78, 5) is 25.6. The van der Waals surface area contributed by atoms with Gasteiger partial charge in [-0.1, -0.05) is 6.92 Å². The summed E-state index contributed by atoms with van der Waals surface area (Å²) in [6, 6.07) is 5.72. The van der Waals surface area contributed by atoms with E-state index in [1.165, 1.54) is 24.3 Å². The summed E-state index contributed by atoms with van der Waals surface area (Å²) >= 11 is 0. The van der Waals surface area contributed by atoms with Crippen molar-refractivity contribution in [1.82, 2.24) is 15.1 Å². The van der Waals surface area contributed by atoms with Crippen molar-refractivity contribution < 1.29 is 27.5 Å².